The largest absolute Gasteiger partial charge is 0.480 e. The zero-order valence-corrected chi connectivity index (χ0v) is 9.05. The molecule has 1 N–H and O–H groups in total. The van der Waals surface area contributed by atoms with Crippen molar-refractivity contribution in [1.29, 1.82) is 0 Å². The summed E-state index contributed by atoms with van der Waals surface area (Å²) in [5.41, 5.74) is 1.35. The summed E-state index contributed by atoms with van der Waals surface area (Å²) in [4.78, 5) is 35.0. The van der Waals surface area contributed by atoms with E-state index in [0.29, 0.717) is 12.1 Å². The quantitative estimate of drug-likeness (QED) is 0.760. The fourth-order valence-electron chi connectivity index (χ4n) is 1.89. The second kappa shape index (κ2) is 4.37. The van der Waals surface area contributed by atoms with Crippen LogP contribution in [-0.2, 0) is 20.8 Å². The number of aryl methyl sites for hydroxylation is 1. The molecule has 1 aliphatic rings. The first-order chi connectivity index (χ1) is 8.09. The fraction of sp³-hybridized carbons (Fsp3) is 0.250. The summed E-state index contributed by atoms with van der Waals surface area (Å²) < 4.78 is 0. The summed E-state index contributed by atoms with van der Waals surface area (Å²) in [6.07, 6.45) is 0.600. The molecular weight excluding hydrogens is 222 g/mol. The number of carboxylic acid groups (broad SMARTS) is 1. The van der Waals surface area contributed by atoms with Gasteiger partial charge < -0.3 is 5.11 Å². The molecule has 1 aromatic carbocycles. The number of carbonyl (C=O) groups is 3. The Morgan fingerprint density at radius 2 is 1.94 bits per heavy atom. The van der Waals surface area contributed by atoms with Crippen LogP contribution in [0, 0.1) is 0 Å². The molecule has 0 atom stereocenters. The second-order valence-electron chi connectivity index (χ2n) is 3.84. The normalized spacial score (nSPS) is 15.4. The van der Waals surface area contributed by atoms with Gasteiger partial charge in [-0.3, -0.25) is 19.3 Å². The highest BCUT2D eigenvalue weighted by molar-refractivity contribution is 6.42. The van der Waals surface area contributed by atoms with Crippen LogP contribution < -0.4 is 4.90 Å². The van der Waals surface area contributed by atoms with Gasteiger partial charge in [0.15, 0.2) is 0 Å². The number of fused-ring (bicyclic) bond motifs is 1. The lowest BCUT2D eigenvalue weighted by Crippen LogP contribution is -2.39. The molecule has 0 spiro atoms. The van der Waals surface area contributed by atoms with E-state index >= 15 is 0 Å². The van der Waals surface area contributed by atoms with Gasteiger partial charge >= 0.3 is 5.97 Å². The highest BCUT2D eigenvalue weighted by Gasteiger charge is 2.29. The number of para-hydroxylation sites is 1. The molecule has 1 amide bonds. The Balaban J connectivity index is 2.46. The van der Waals surface area contributed by atoms with Gasteiger partial charge in [0.2, 0.25) is 5.78 Å². The first-order valence-corrected chi connectivity index (χ1v) is 5.24. The molecule has 0 aliphatic carbocycles. The Hall–Kier alpha value is -2.17. The van der Waals surface area contributed by atoms with E-state index < -0.39 is 24.2 Å². The van der Waals surface area contributed by atoms with Crippen molar-refractivity contribution < 1.29 is 19.5 Å². The fourth-order valence-corrected chi connectivity index (χ4v) is 1.89. The molecule has 5 nitrogen and oxygen atoms in total. The third-order valence-corrected chi connectivity index (χ3v) is 2.68. The first kappa shape index (κ1) is 11.3. The van der Waals surface area contributed by atoms with Gasteiger partial charge in [0.1, 0.15) is 6.54 Å². The lowest BCUT2D eigenvalue weighted by molar-refractivity contribution is -0.139. The van der Waals surface area contributed by atoms with E-state index in [1.54, 1.807) is 24.3 Å². The molecule has 5 heteroatoms. The lowest BCUT2D eigenvalue weighted by atomic mass is 10.1. The number of Topliss-reactive ketones (excluding diaryl/α,β-unsaturated/α-hetero) is 1. The van der Waals surface area contributed by atoms with Crippen LogP contribution in [0.25, 0.3) is 0 Å². The molecule has 17 heavy (non-hydrogen) atoms. The molecule has 1 aromatic rings. The average Bonchev–Trinajstić information content (AvgIpc) is 2.42. The van der Waals surface area contributed by atoms with E-state index in [9.17, 15) is 14.4 Å². The third-order valence-electron chi connectivity index (χ3n) is 2.68. The second-order valence-corrected chi connectivity index (χ2v) is 3.84. The maximum absolute atomic E-state index is 11.8. The summed E-state index contributed by atoms with van der Waals surface area (Å²) >= 11 is 0. The Morgan fingerprint density at radius 3 is 2.65 bits per heavy atom. The summed E-state index contributed by atoms with van der Waals surface area (Å²) in [7, 11) is 0. The molecule has 1 aliphatic heterocycles. The zero-order chi connectivity index (χ0) is 12.4. The van der Waals surface area contributed by atoms with Crippen LogP contribution in [0.15, 0.2) is 24.3 Å². The third kappa shape index (κ3) is 2.18. The number of carbonyl (C=O) groups excluding carboxylic acids is 2. The molecule has 88 valence electrons. The van der Waals surface area contributed by atoms with E-state index in [2.05, 4.69) is 0 Å². The number of ketones is 1. The zero-order valence-electron chi connectivity index (χ0n) is 9.05. The van der Waals surface area contributed by atoms with Crippen molar-refractivity contribution in [2.24, 2.45) is 0 Å². The molecular formula is C12H11NO4. The molecule has 1 heterocycles. The lowest BCUT2D eigenvalue weighted by Gasteiger charge is -2.19. The minimum Gasteiger partial charge on any atom is -0.480 e. The number of anilines is 1. The van der Waals surface area contributed by atoms with Crippen LogP contribution in [0.4, 0.5) is 5.69 Å². The van der Waals surface area contributed by atoms with Crippen molar-refractivity contribution in [3.63, 3.8) is 0 Å². The average molecular weight is 233 g/mol. The predicted molar refractivity (Wildman–Crippen MR) is 59.8 cm³/mol. The number of nitrogens with zero attached hydrogens (tertiary/aromatic N) is 1. The SMILES string of the molecule is O=C(O)CN1C(=O)C(=O)CCc2ccccc21. The summed E-state index contributed by atoms with van der Waals surface area (Å²) in [6.45, 7) is -0.485. The maximum atomic E-state index is 11.8. The van der Waals surface area contributed by atoms with E-state index in [1.165, 1.54) is 0 Å². The Labute approximate surface area is 97.7 Å². The molecule has 2 rings (SSSR count). The Kier molecular flexibility index (Phi) is 2.91. The molecule has 0 fully saturated rings. The first-order valence-electron chi connectivity index (χ1n) is 5.24. The van der Waals surface area contributed by atoms with Crippen LogP contribution in [0.2, 0.25) is 0 Å². The van der Waals surface area contributed by atoms with Crippen molar-refractivity contribution in [3.05, 3.63) is 29.8 Å². The minimum absolute atomic E-state index is 0.131. The molecule has 0 bridgehead atoms. The van der Waals surface area contributed by atoms with Gasteiger partial charge in [-0.1, -0.05) is 18.2 Å². The highest BCUT2D eigenvalue weighted by atomic mass is 16.4. The van der Waals surface area contributed by atoms with Gasteiger partial charge in [0.25, 0.3) is 5.91 Å². The smallest absolute Gasteiger partial charge is 0.323 e. The molecule has 0 radical (unpaired) electrons. The van der Waals surface area contributed by atoms with Crippen molar-refractivity contribution in [2.75, 3.05) is 11.4 Å². The van der Waals surface area contributed by atoms with Crippen LogP contribution >= 0.6 is 0 Å². The number of hydrogen-bond acceptors (Lipinski definition) is 3. The number of hydrogen-bond donors (Lipinski definition) is 1. The molecule has 0 aromatic heterocycles. The number of amides is 1. The number of carboxylic acids is 1. The molecule has 0 saturated heterocycles. The van der Waals surface area contributed by atoms with Gasteiger partial charge in [-0.15, -0.1) is 0 Å². The Bertz CT molecular complexity index is 495. The monoisotopic (exact) mass is 233 g/mol. The van der Waals surface area contributed by atoms with Crippen molar-refractivity contribution >= 4 is 23.3 Å². The number of benzene rings is 1. The minimum atomic E-state index is -1.14. The molecule has 0 saturated carbocycles. The summed E-state index contributed by atoms with van der Waals surface area (Å²) in [5, 5.41) is 8.78. The van der Waals surface area contributed by atoms with E-state index in [-0.39, 0.29) is 6.42 Å². The van der Waals surface area contributed by atoms with Gasteiger partial charge in [0.05, 0.1) is 0 Å². The predicted octanol–water partition coefficient (Wildman–Crippen LogP) is 0.619. The van der Waals surface area contributed by atoms with E-state index in [0.717, 1.165) is 10.5 Å². The van der Waals surface area contributed by atoms with Gasteiger partial charge in [-0.25, -0.2) is 0 Å². The summed E-state index contributed by atoms with van der Waals surface area (Å²) in [6, 6.07) is 6.99. The van der Waals surface area contributed by atoms with Crippen LogP contribution in [0.3, 0.4) is 0 Å². The standard InChI is InChI=1S/C12H11NO4/c14-10-6-5-8-3-1-2-4-9(8)13(12(10)17)7-11(15)16/h1-4H,5-7H2,(H,15,16). The van der Waals surface area contributed by atoms with Gasteiger partial charge in [-0.05, 0) is 18.1 Å². The highest BCUT2D eigenvalue weighted by Crippen LogP contribution is 2.25. The molecule has 0 unspecified atom stereocenters. The van der Waals surface area contributed by atoms with Crippen molar-refractivity contribution in [1.82, 2.24) is 0 Å². The topological polar surface area (TPSA) is 74.7 Å². The van der Waals surface area contributed by atoms with Crippen LogP contribution in [0.1, 0.15) is 12.0 Å². The van der Waals surface area contributed by atoms with Gasteiger partial charge in [-0.2, -0.15) is 0 Å². The van der Waals surface area contributed by atoms with Crippen molar-refractivity contribution in [2.45, 2.75) is 12.8 Å². The number of aliphatic carboxylic acids is 1. The Morgan fingerprint density at radius 1 is 1.24 bits per heavy atom. The van der Waals surface area contributed by atoms with E-state index in [4.69, 9.17) is 5.11 Å². The maximum Gasteiger partial charge on any atom is 0.323 e. The number of rotatable bonds is 2. The van der Waals surface area contributed by atoms with E-state index in [1.807, 2.05) is 0 Å². The van der Waals surface area contributed by atoms with Gasteiger partial charge in [0, 0.05) is 12.1 Å². The summed E-state index contributed by atoms with van der Waals surface area (Å²) in [5.74, 6) is -2.41. The van der Waals surface area contributed by atoms with Crippen LogP contribution in [-0.4, -0.2) is 29.3 Å². The van der Waals surface area contributed by atoms with Crippen molar-refractivity contribution in [3.8, 4) is 0 Å². The van der Waals surface area contributed by atoms with Crippen LogP contribution in [0.5, 0.6) is 0 Å².